The van der Waals surface area contributed by atoms with E-state index < -0.39 is 0 Å². The largest absolute Gasteiger partial charge is 0.466 e. The molecule has 67 heavy (non-hydrogen) atoms. The van der Waals surface area contributed by atoms with Gasteiger partial charge in [0.2, 0.25) is 0 Å². The second-order valence-corrected chi connectivity index (χ2v) is 23.6. The number of carbonyl (C=O) groups excluding carboxylic acids is 2. The van der Waals surface area contributed by atoms with Crippen molar-refractivity contribution in [3.8, 4) is 0 Å². The van der Waals surface area contributed by atoms with Gasteiger partial charge in [0.05, 0.1) is 38.8 Å². The van der Waals surface area contributed by atoms with Crippen LogP contribution >= 0.6 is 0 Å². The Morgan fingerprint density at radius 2 is 1.43 bits per heavy atom. The highest BCUT2D eigenvalue weighted by Crippen LogP contribution is 2.67. The van der Waals surface area contributed by atoms with Crippen molar-refractivity contribution < 1.29 is 28.5 Å². The second kappa shape index (κ2) is 30.9. The summed E-state index contributed by atoms with van der Waals surface area (Å²) in [6.07, 6.45) is 44.1. The van der Waals surface area contributed by atoms with E-state index >= 15 is 0 Å². The topological polar surface area (TPSA) is 74.3 Å². The third-order valence-electron chi connectivity index (χ3n) is 18.0. The van der Waals surface area contributed by atoms with Gasteiger partial charge in [-0.25, -0.2) is 0 Å². The molecule has 0 aromatic carbocycles. The summed E-state index contributed by atoms with van der Waals surface area (Å²) >= 11 is 0. The van der Waals surface area contributed by atoms with Crippen LogP contribution in [0.1, 0.15) is 241 Å². The van der Waals surface area contributed by atoms with Crippen LogP contribution < -0.4 is 0 Å². The lowest BCUT2D eigenvalue weighted by Crippen LogP contribution is -2.51. The van der Waals surface area contributed by atoms with Gasteiger partial charge in [-0.3, -0.25) is 9.59 Å². The highest BCUT2D eigenvalue weighted by molar-refractivity contribution is 5.77. The van der Waals surface area contributed by atoms with E-state index in [1.54, 1.807) is 0 Å². The Hall–Kier alpha value is -1.70. The fourth-order valence-corrected chi connectivity index (χ4v) is 14.0. The molecule has 7 nitrogen and oxygen atoms in total. The third kappa shape index (κ3) is 18.8. The fraction of sp³-hybridized carbons (Fsp3) is 0.900. The molecule has 6 unspecified atom stereocenters. The molecule has 5 rings (SSSR count). The van der Waals surface area contributed by atoms with Crippen molar-refractivity contribution in [2.45, 2.75) is 253 Å². The van der Waals surface area contributed by atoms with Gasteiger partial charge in [0.15, 0.2) is 0 Å². The zero-order chi connectivity index (χ0) is 47.7. The first kappa shape index (κ1) is 56.2. The van der Waals surface area contributed by atoms with Crippen molar-refractivity contribution in [1.29, 1.82) is 0 Å². The maximum Gasteiger partial charge on any atom is 0.306 e. The highest BCUT2D eigenvalue weighted by Gasteiger charge is 2.59. The van der Waals surface area contributed by atoms with Crippen LogP contribution in [0, 0.1) is 46.3 Å². The summed E-state index contributed by atoms with van der Waals surface area (Å²) < 4.78 is 24.1. The molecule has 0 amide bonds. The molecule has 1 saturated heterocycles. The molecule has 0 spiro atoms. The summed E-state index contributed by atoms with van der Waals surface area (Å²) in [5.41, 5.74) is 2.26. The first-order valence-corrected chi connectivity index (χ1v) is 29.1. The number of likely N-dealkylation sites (tertiary alicyclic amines) is 1. The van der Waals surface area contributed by atoms with Crippen molar-refractivity contribution in [1.82, 2.24) is 4.90 Å². The Labute approximate surface area is 412 Å². The van der Waals surface area contributed by atoms with Crippen LogP contribution in [0.2, 0.25) is 0 Å². The minimum atomic E-state index is -0.332. The summed E-state index contributed by atoms with van der Waals surface area (Å²) in [5.74, 6) is 4.33. The van der Waals surface area contributed by atoms with Gasteiger partial charge in [0, 0.05) is 26.0 Å². The van der Waals surface area contributed by atoms with Crippen molar-refractivity contribution in [3.05, 3.63) is 23.8 Å². The lowest BCUT2D eigenvalue weighted by Gasteiger charge is -2.58. The van der Waals surface area contributed by atoms with Gasteiger partial charge in [0.25, 0.3) is 0 Å². The quantitative estimate of drug-likeness (QED) is 0.0361. The monoisotopic (exact) mass is 936 g/mol. The lowest BCUT2D eigenvalue weighted by atomic mass is 9.47. The summed E-state index contributed by atoms with van der Waals surface area (Å²) in [4.78, 5) is 28.2. The number of nitrogens with zero attached hydrogens (tertiary/aromatic N) is 1. The van der Waals surface area contributed by atoms with Crippen molar-refractivity contribution in [2.24, 2.45) is 46.3 Å². The second-order valence-electron chi connectivity index (χ2n) is 23.6. The van der Waals surface area contributed by atoms with Gasteiger partial charge in [-0.05, 0) is 149 Å². The van der Waals surface area contributed by atoms with Crippen molar-refractivity contribution in [3.63, 3.8) is 0 Å². The van der Waals surface area contributed by atoms with Crippen LogP contribution in [0.4, 0.5) is 0 Å². The predicted molar refractivity (Wildman–Crippen MR) is 278 cm³/mol. The van der Waals surface area contributed by atoms with Gasteiger partial charge in [-0.15, -0.1) is 0 Å². The smallest absolute Gasteiger partial charge is 0.306 e. The van der Waals surface area contributed by atoms with Crippen LogP contribution in [-0.4, -0.2) is 75.1 Å². The zero-order valence-corrected chi connectivity index (χ0v) is 44.6. The van der Waals surface area contributed by atoms with E-state index in [2.05, 4.69) is 64.7 Å². The third-order valence-corrected chi connectivity index (χ3v) is 18.0. The van der Waals surface area contributed by atoms with Crippen LogP contribution in [0.3, 0.4) is 0 Å². The normalized spacial score (nSPS) is 28.5. The SMILES string of the molecule is CCCCCCCC/C=C\CCCCCCCCOCC(CN1CCCCC1)OCCCOC(=O)CCC(=O)O[C@H]1CCC2(C)C(=CCC3C4CC[C@H](C(C)CCCC(C)C)C4(C)CC[C@@H]32)C1. The first-order chi connectivity index (χ1) is 32.5. The number of rotatable bonds is 34. The molecule has 1 heterocycles. The van der Waals surface area contributed by atoms with Gasteiger partial charge < -0.3 is 23.8 Å². The molecule has 0 aromatic heterocycles. The van der Waals surface area contributed by atoms with E-state index in [4.69, 9.17) is 18.9 Å². The Morgan fingerprint density at radius 1 is 0.731 bits per heavy atom. The number of carbonyl (C=O) groups is 2. The Balaban J connectivity index is 0.905. The number of esters is 2. The molecule has 0 bridgehead atoms. The van der Waals surface area contributed by atoms with E-state index in [0.29, 0.717) is 31.7 Å². The summed E-state index contributed by atoms with van der Waals surface area (Å²) in [7, 11) is 0. The molecule has 0 radical (unpaired) electrons. The maximum absolute atomic E-state index is 13.0. The van der Waals surface area contributed by atoms with Crippen molar-refractivity contribution >= 4 is 11.9 Å². The molecule has 4 aliphatic carbocycles. The minimum absolute atomic E-state index is 0.0257. The molecule has 386 valence electrons. The number of fused-ring (bicyclic) bond motifs is 5. The standard InChI is InChI=1S/C60H105NO6/c1-7-8-9-10-11-12-13-14-15-16-17-18-19-20-21-25-42-64-47-52(46-61-40-23-22-24-41-61)65-43-27-44-66-57(62)34-35-58(63)67-51-36-38-59(5)50(45-51)30-31-53-55-33-32-54(49(4)29-26-28-48(2)3)60(55,6)39-37-56(53)59/h14-15,30,48-49,51-56H,7-13,16-29,31-47H2,1-6H3/b15-14-/t49?,51-,52?,53?,54+,55?,56-,59?,60?/m0/s1. The number of unbranched alkanes of at least 4 members (excludes halogenated alkanes) is 12. The molecular weight excluding hydrogens is 831 g/mol. The fourth-order valence-electron chi connectivity index (χ4n) is 14.0. The Kier molecular flexibility index (Phi) is 25.9. The minimum Gasteiger partial charge on any atom is -0.466 e. The molecule has 0 aromatic rings. The summed E-state index contributed by atoms with van der Waals surface area (Å²) in [5, 5.41) is 0. The molecule has 3 saturated carbocycles. The predicted octanol–water partition coefficient (Wildman–Crippen LogP) is 15.6. The Morgan fingerprint density at radius 3 is 2.16 bits per heavy atom. The van der Waals surface area contributed by atoms with Crippen LogP contribution in [0.25, 0.3) is 0 Å². The van der Waals surface area contributed by atoms with Gasteiger partial charge in [0.1, 0.15) is 6.10 Å². The van der Waals surface area contributed by atoms with Crippen LogP contribution in [-0.2, 0) is 28.5 Å². The molecule has 5 aliphatic rings. The van der Waals surface area contributed by atoms with Crippen LogP contribution in [0.15, 0.2) is 23.8 Å². The number of allylic oxidation sites excluding steroid dienone is 3. The van der Waals surface area contributed by atoms with Gasteiger partial charge in [-0.2, -0.15) is 0 Å². The average Bonchev–Trinajstić information content (AvgIpc) is 3.68. The van der Waals surface area contributed by atoms with Gasteiger partial charge in [-0.1, -0.05) is 149 Å². The van der Waals surface area contributed by atoms with E-state index in [-0.39, 0.29) is 42.4 Å². The lowest BCUT2D eigenvalue weighted by molar-refractivity contribution is -0.155. The molecule has 9 atom stereocenters. The van der Waals surface area contributed by atoms with E-state index in [1.165, 1.54) is 160 Å². The summed E-state index contributed by atoms with van der Waals surface area (Å²) in [6.45, 7) is 20.2. The molecule has 0 N–H and O–H groups in total. The number of piperidine rings is 1. The molecule has 7 heteroatoms. The summed E-state index contributed by atoms with van der Waals surface area (Å²) in [6, 6.07) is 0. The maximum atomic E-state index is 13.0. The highest BCUT2D eigenvalue weighted by atomic mass is 16.6. The molecule has 1 aliphatic heterocycles. The number of ether oxygens (including phenoxy) is 4. The average molecular weight is 937 g/mol. The van der Waals surface area contributed by atoms with E-state index in [1.807, 2.05) is 0 Å². The number of hydrogen-bond acceptors (Lipinski definition) is 7. The van der Waals surface area contributed by atoms with Gasteiger partial charge >= 0.3 is 11.9 Å². The number of hydrogen-bond donors (Lipinski definition) is 0. The van der Waals surface area contributed by atoms with E-state index in [9.17, 15) is 9.59 Å². The zero-order valence-electron chi connectivity index (χ0n) is 44.6. The Bertz CT molecular complexity index is 1440. The first-order valence-electron chi connectivity index (χ1n) is 29.1. The van der Waals surface area contributed by atoms with Crippen molar-refractivity contribution in [2.75, 3.05) is 46.1 Å². The molecular formula is C60H105NO6. The molecule has 4 fully saturated rings. The van der Waals surface area contributed by atoms with Crippen LogP contribution in [0.5, 0.6) is 0 Å². The van der Waals surface area contributed by atoms with E-state index in [0.717, 1.165) is 87.4 Å².